The van der Waals surface area contributed by atoms with E-state index < -0.39 is 0 Å². The van der Waals surface area contributed by atoms with Crippen molar-refractivity contribution in [3.8, 4) is 0 Å². The van der Waals surface area contributed by atoms with Crippen LogP contribution in [-0.2, 0) is 6.61 Å². The maximum atomic E-state index is 9.61. The van der Waals surface area contributed by atoms with Crippen molar-refractivity contribution in [3.63, 3.8) is 0 Å². The molecule has 1 rings (SSSR count). The molecule has 0 saturated heterocycles. The summed E-state index contributed by atoms with van der Waals surface area (Å²) in [6.07, 6.45) is 28.7. The Labute approximate surface area is 275 Å². The minimum absolute atomic E-state index is 0.140. The predicted molar refractivity (Wildman–Crippen MR) is 195 cm³/mol. The summed E-state index contributed by atoms with van der Waals surface area (Å²) in [7, 11) is 0. The molecule has 260 valence electrons. The van der Waals surface area contributed by atoms with Crippen LogP contribution in [0.1, 0.15) is 169 Å². The molecule has 2 unspecified atom stereocenters. The molecule has 0 aromatic heterocycles. The van der Waals surface area contributed by atoms with Gasteiger partial charge in [-0.3, -0.25) is 0 Å². The first kappa shape index (κ1) is 47.0. The third-order valence-corrected chi connectivity index (χ3v) is 7.59. The van der Waals surface area contributed by atoms with Gasteiger partial charge in [0.05, 0.1) is 12.7 Å². The summed E-state index contributed by atoms with van der Waals surface area (Å²) >= 11 is 0. The van der Waals surface area contributed by atoms with Gasteiger partial charge in [0.2, 0.25) is 0 Å². The molecule has 0 amide bonds. The number of hydrogen-bond acceptors (Lipinski definition) is 4. The molecule has 0 radical (unpaired) electrons. The van der Waals surface area contributed by atoms with E-state index in [9.17, 15) is 5.11 Å². The highest BCUT2D eigenvalue weighted by molar-refractivity contribution is 5.13. The van der Waals surface area contributed by atoms with Crippen molar-refractivity contribution in [2.45, 2.75) is 176 Å². The molecule has 4 N–H and O–H groups in total. The highest BCUT2D eigenvalue weighted by atomic mass is 16.3. The highest BCUT2D eigenvalue weighted by Crippen LogP contribution is 2.12. The zero-order valence-electron chi connectivity index (χ0n) is 30.0. The third kappa shape index (κ3) is 40.5. The van der Waals surface area contributed by atoms with Crippen molar-refractivity contribution in [2.75, 3.05) is 13.2 Å². The van der Waals surface area contributed by atoms with E-state index in [1.54, 1.807) is 0 Å². The van der Waals surface area contributed by atoms with Crippen LogP contribution in [0.4, 0.5) is 0 Å². The van der Waals surface area contributed by atoms with Crippen LogP contribution in [0.2, 0.25) is 0 Å². The van der Waals surface area contributed by atoms with Gasteiger partial charge in [-0.2, -0.15) is 0 Å². The summed E-state index contributed by atoms with van der Waals surface area (Å²) in [4.78, 5) is 0. The van der Waals surface area contributed by atoms with Crippen LogP contribution in [0.5, 0.6) is 0 Å². The molecule has 2 atom stereocenters. The average Bonchev–Trinajstić information content (AvgIpc) is 3.05. The molecule has 0 heterocycles. The molecular weight excluding hydrogens is 544 g/mol. The molecule has 4 nitrogen and oxygen atoms in total. The van der Waals surface area contributed by atoms with Gasteiger partial charge in [-0.1, -0.05) is 160 Å². The molecule has 0 aliphatic carbocycles. The Morgan fingerprint density at radius 2 is 1.20 bits per heavy atom. The minimum Gasteiger partial charge on any atom is -0.396 e. The second kappa shape index (κ2) is 41.5. The summed E-state index contributed by atoms with van der Waals surface area (Å²) in [6, 6.07) is 9.52. The first-order valence-electron chi connectivity index (χ1n) is 18.2. The number of rotatable bonds is 24. The quantitative estimate of drug-likeness (QED) is 0.0684. The standard InChI is InChI=1S/C12H26O.C11H22O.C10H20O.C7H8O/c1-3-4-5-6-7-8-9-10-12(2)11-13;1-4-6-7-9-11(12)10(3)8-5-2;1-2-3-4-5-6-7-8-9-10-11;8-6-7-4-2-1-3-5-7/h12-13H,3-11H2,1-2H3;8,11-12H,4-7,9H2,1-3H3;2,11H,1,3-10H2;1-5,8H,6H2. The van der Waals surface area contributed by atoms with Gasteiger partial charge in [0.25, 0.3) is 0 Å². The molecule has 4 heteroatoms. The highest BCUT2D eigenvalue weighted by Gasteiger charge is 2.04. The monoisotopic (exact) mass is 621 g/mol. The Balaban J connectivity index is -0.000000515. The second-order valence-electron chi connectivity index (χ2n) is 12.1. The van der Waals surface area contributed by atoms with Crippen LogP contribution in [0, 0.1) is 5.92 Å². The van der Waals surface area contributed by atoms with Gasteiger partial charge in [0.15, 0.2) is 0 Å². The minimum atomic E-state index is -0.198. The van der Waals surface area contributed by atoms with E-state index in [2.05, 4.69) is 40.3 Å². The largest absolute Gasteiger partial charge is 0.396 e. The van der Waals surface area contributed by atoms with Crippen LogP contribution in [-0.4, -0.2) is 39.7 Å². The van der Waals surface area contributed by atoms with E-state index in [1.807, 2.05) is 43.3 Å². The lowest BCUT2D eigenvalue weighted by Crippen LogP contribution is -2.07. The van der Waals surface area contributed by atoms with Crippen molar-refractivity contribution < 1.29 is 20.4 Å². The van der Waals surface area contributed by atoms with E-state index in [0.717, 1.165) is 43.2 Å². The maximum Gasteiger partial charge on any atom is 0.0747 e. The van der Waals surface area contributed by atoms with E-state index in [1.165, 1.54) is 96.3 Å². The Hall–Kier alpha value is -1.46. The molecular formula is C40H76O4. The maximum absolute atomic E-state index is 9.61. The van der Waals surface area contributed by atoms with E-state index in [-0.39, 0.29) is 12.7 Å². The number of hydrogen-bond donors (Lipinski definition) is 4. The average molecular weight is 621 g/mol. The molecule has 0 aliphatic heterocycles. The fourth-order valence-electron chi connectivity index (χ4n) is 4.51. The zero-order chi connectivity index (χ0) is 33.5. The lowest BCUT2D eigenvalue weighted by atomic mass is 10.0. The number of allylic oxidation sites excluding steroid dienone is 2. The number of aliphatic hydroxyl groups excluding tert-OH is 4. The summed E-state index contributed by atoms with van der Waals surface area (Å²) < 4.78 is 0. The van der Waals surface area contributed by atoms with E-state index in [0.29, 0.717) is 19.1 Å². The van der Waals surface area contributed by atoms with Gasteiger partial charge in [-0.25, -0.2) is 0 Å². The second-order valence-corrected chi connectivity index (χ2v) is 12.1. The number of unbranched alkanes of at least 4 members (excludes halogenated alkanes) is 14. The van der Waals surface area contributed by atoms with Gasteiger partial charge >= 0.3 is 0 Å². The Kier molecular flexibility index (Phi) is 44.3. The van der Waals surface area contributed by atoms with Crippen LogP contribution >= 0.6 is 0 Å². The molecule has 0 fully saturated rings. The van der Waals surface area contributed by atoms with E-state index >= 15 is 0 Å². The predicted octanol–water partition coefficient (Wildman–Crippen LogP) is 11.1. The van der Waals surface area contributed by atoms with Crippen LogP contribution in [0.3, 0.4) is 0 Å². The van der Waals surface area contributed by atoms with Gasteiger partial charge in [0, 0.05) is 13.2 Å². The van der Waals surface area contributed by atoms with Crippen molar-refractivity contribution in [3.05, 3.63) is 60.2 Å². The van der Waals surface area contributed by atoms with Crippen molar-refractivity contribution in [2.24, 2.45) is 5.92 Å². The number of benzene rings is 1. The molecule has 0 aliphatic rings. The lowest BCUT2D eigenvalue weighted by molar-refractivity contribution is 0.196. The Morgan fingerprint density at radius 1 is 0.705 bits per heavy atom. The Bertz CT molecular complexity index is 673. The first-order chi connectivity index (χ1) is 21.4. The molecule has 0 saturated carbocycles. The van der Waals surface area contributed by atoms with E-state index in [4.69, 9.17) is 15.3 Å². The van der Waals surface area contributed by atoms with Gasteiger partial charge in [0.1, 0.15) is 0 Å². The number of aliphatic hydroxyl groups is 4. The first-order valence-corrected chi connectivity index (χ1v) is 18.2. The SMILES string of the molecule is C=CCCCCCCCCO.CCC=C(C)C(O)CCCCC.CCCCCCCCCC(C)CO.OCc1ccccc1. The summed E-state index contributed by atoms with van der Waals surface area (Å²) in [5.41, 5.74) is 2.10. The fourth-order valence-corrected chi connectivity index (χ4v) is 4.51. The molecule has 1 aromatic rings. The molecule has 0 bridgehead atoms. The molecule has 1 aromatic carbocycles. The third-order valence-electron chi connectivity index (χ3n) is 7.59. The van der Waals surface area contributed by atoms with Gasteiger partial charge in [-0.15, -0.1) is 6.58 Å². The Morgan fingerprint density at radius 3 is 1.68 bits per heavy atom. The normalized spacial score (nSPS) is 12.1. The van der Waals surface area contributed by atoms with Gasteiger partial charge in [-0.05, 0) is 62.5 Å². The van der Waals surface area contributed by atoms with Crippen LogP contribution < -0.4 is 0 Å². The topological polar surface area (TPSA) is 80.9 Å². The van der Waals surface area contributed by atoms with Crippen molar-refractivity contribution in [1.82, 2.24) is 0 Å². The lowest BCUT2D eigenvalue weighted by Gasteiger charge is -2.10. The fraction of sp³-hybridized carbons (Fsp3) is 0.750. The summed E-state index contributed by atoms with van der Waals surface area (Å²) in [5, 5.41) is 35.4. The molecule has 44 heavy (non-hydrogen) atoms. The van der Waals surface area contributed by atoms with Crippen molar-refractivity contribution in [1.29, 1.82) is 0 Å². The molecule has 0 spiro atoms. The van der Waals surface area contributed by atoms with Crippen LogP contribution in [0.25, 0.3) is 0 Å². The summed E-state index contributed by atoms with van der Waals surface area (Å²) in [5.74, 6) is 0.510. The summed E-state index contributed by atoms with van der Waals surface area (Å²) in [6.45, 7) is 15.2. The van der Waals surface area contributed by atoms with Crippen LogP contribution in [0.15, 0.2) is 54.6 Å². The van der Waals surface area contributed by atoms with Gasteiger partial charge < -0.3 is 20.4 Å². The zero-order valence-corrected chi connectivity index (χ0v) is 30.0. The van der Waals surface area contributed by atoms with Crippen molar-refractivity contribution >= 4 is 0 Å². The smallest absolute Gasteiger partial charge is 0.0747 e.